The number of hydrogen-bond donors (Lipinski definition) is 0. The quantitative estimate of drug-likeness (QED) is 0.504. The first kappa shape index (κ1) is 24.4. The summed E-state index contributed by atoms with van der Waals surface area (Å²) in [4.78, 5) is 15.0. The second kappa shape index (κ2) is 11.1. The molecule has 1 atom stereocenters. The van der Waals surface area contributed by atoms with Crippen LogP contribution in [0.4, 0.5) is 0 Å². The molecule has 9 heteroatoms. The minimum atomic E-state index is -0.211. The van der Waals surface area contributed by atoms with Gasteiger partial charge >= 0.3 is 0 Å². The van der Waals surface area contributed by atoms with Crippen LogP contribution in [0.15, 0.2) is 30.3 Å². The summed E-state index contributed by atoms with van der Waals surface area (Å²) in [6.07, 6.45) is 3.28. The molecule has 1 heterocycles. The normalized spacial score (nSPS) is 15.5. The average Bonchev–Trinajstić information content (AvgIpc) is 3.35. The first-order chi connectivity index (χ1) is 16.0. The number of hydrogen-bond acceptors (Lipinski definition) is 8. The standard InChI is InChI=1S/C24H29NO7S/c1-27-17-14-19(29-3)18(28-2)13-16(17)24-25(9-10-33-24)22(26)8-7-15-11-20(30-4)23(32-6)21(12-15)31-5/h7-8,11-14,24H,9-10H2,1-6H3/b8-7+. The van der Waals surface area contributed by atoms with Crippen molar-refractivity contribution < 1.29 is 33.2 Å². The van der Waals surface area contributed by atoms with Crippen molar-refractivity contribution >= 4 is 23.7 Å². The highest BCUT2D eigenvalue weighted by Gasteiger charge is 2.32. The van der Waals surface area contributed by atoms with Crippen LogP contribution in [0.3, 0.4) is 0 Å². The molecule has 178 valence electrons. The van der Waals surface area contributed by atoms with Gasteiger partial charge in [0.2, 0.25) is 11.7 Å². The van der Waals surface area contributed by atoms with E-state index in [1.807, 2.05) is 11.0 Å². The molecule has 0 radical (unpaired) electrons. The van der Waals surface area contributed by atoms with E-state index in [0.29, 0.717) is 41.0 Å². The molecule has 8 nitrogen and oxygen atoms in total. The third-order valence-corrected chi connectivity index (χ3v) is 6.52. The maximum absolute atomic E-state index is 13.2. The van der Waals surface area contributed by atoms with E-state index in [1.165, 1.54) is 0 Å². The first-order valence-corrected chi connectivity index (χ1v) is 11.3. The van der Waals surface area contributed by atoms with Crippen molar-refractivity contribution in [1.29, 1.82) is 0 Å². The van der Waals surface area contributed by atoms with Crippen LogP contribution in [-0.4, -0.2) is 65.8 Å². The molecule has 1 unspecified atom stereocenters. The van der Waals surface area contributed by atoms with Crippen LogP contribution in [0.2, 0.25) is 0 Å². The zero-order chi connectivity index (χ0) is 24.0. The maximum Gasteiger partial charge on any atom is 0.247 e. The predicted octanol–water partition coefficient (Wildman–Crippen LogP) is 4.03. The molecule has 1 aliphatic heterocycles. The lowest BCUT2D eigenvalue weighted by atomic mass is 10.1. The third-order valence-electron chi connectivity index (χ3n) is 5.28. The van der Waals surface area contributed by atoms with E-state index in [4.69, 9.17) is 28.4 Å². The summed E-state index contributed by atoms with van der Waals surface area (Å²) in [5.41, 5.74) is 1.61. The molecule has 1 amide bonds. The zero-order valence-electron chi connectivity index (χ0n) is 19.7. The molecule has 3 rings (SSSR count). The number of amides is 1. The molecule has 1 aliphatic rings. The SMILES string of the molecule is COc1cc(OC)c(C2SCCN2C(=O)/C=C/c2cc(OC)c(OC)c(OC)c2)cc1OC. The van der Waals surface area contributed by atoms with E-state index in [0.717, 1.165) is 16.9 Å². The van der Waals surface area contributed by atoms with Crippen molar-refractivity contribution in [2.45, 2.75) is 5.37 Å². The molecule has 1 fully saturated rings. The molecule has 0 saturated carbocycles. The van der Waals surface area contributed by atoms with Crippen LogP contribution in [0.25, 0.3) is 6.08 Å². The van der Waals surface area contributed by atoms with Crippen molar-refractivity contribution in [3.63, 3.8) is 0 Å². The van der Waals surface area contributed by atoms with Gasteiger partial charge in [-0.05, 0) is 29.8 Å². The van der Waals surface area contributed by atoms with Gasteiger partial charge in [-0.1, -0.05) is 0 Å². The van der Waals surface area contributed by atoms with E-state index < -0.39 is 0 Å². The van der Waals surface area contributed by atoms with Crippen molar-refractivity contribution in [1.82, 2.24) is 4.90 Å². The smallest absolute Gasteiger partial charge is 0.247 e. The van der Waals surface area contributed by atoms with E-state index in [9.17, 15) is 4.79 Å². The van der Waals surface area contributed by atoms with Gasteiger partial charge < -0.3 is 33.3 Å². The number of thioether (sulfide) groups is 1. The van der Waals surface area contributed by atoms with Crippen molar-refractivity contribution in [2.24, 2.45) is 0 Å². The van der Waals surface area contributed by atoms with Gasteiger partial charge in [0.05, 0.1) is 42.7 Å². The van der Waals surface area contributed by atoms with Gasteiger partial charge in [0, 0.05) is 30.0 Å². The second-order valence-corrected chi connectivity index (χ2v) is 8.18. The highest BCUT2D eigenvalue weighted by atomic mass is 32.2. The van der Waals surface area contributed by atoms with Crippen LogP contribution < -0.4 is 28.4 Å². The minimum absolute atomic E-state index is 0.115. The molecule has 0 bridgehead atoms. The molecule has 1 saturated heterocycles. The molecule has 0 spiro atoms. The van der Waals surface area contributed by atoms with E-state index in [-0.39, 0.29) is 11.3 Å². The second-order valence-electron chi connectivity index (χ2n) is 7.00. The van der Waals surface area contributed by atoms with Crippen molar-refractivity contribution in [3.8, 4) is 34.5 Å². The molecule has 0 aromatic heterocycles. The maximum atomic E-state index is 13.2. The molecule has 2 aromatic carbocycles. The lowest BCUT2D eigenvalue weighted by Gasteiger charge is -2.25. The summed E-state index contributed by atoms with van der Waals surface area (Å²) >= 11 is 1.67. The third kappa shape index (κ3) is 5.08. The van der Waals surface area contributed by atoms with Gasteiger partial charge in [-0.2, -0.15) is 0 Å². The van der Waals surface area contributed by atoms with Crippen LogP contribution >= 0.6 is 11.8 Å². The molecule has 0 aliphatic carbocycles. The Morgan fingerprint density at radius 2 is 1.39 bits per heavy atom. The molecule has 2 aromatic rings. The lowest BCUT2D eigenvalue weighted by Crippen LogP contribution is -2.29. The summed E-state index contributed by atoms with van der Waals surface area (Å²) in [5.74, 6) is 4.03. The Balaban J connectivity index is 1.89. The zero-order valence-corrected chi connectivity index (χ0v) is 20.5. The number of methoxy groups -OCH3 is 6. The highest BCUT2D eigenvalue weighted by molar-refractivity contribution is 7.99. The summed E-state index contributed by atoms with van der Waals surface area (Å²) in [6.45, 7) is 0.616. The van der Waals surface area contributed by atoms with Crippen LogP contribution in [0.5, 0.6) is 34.5 Å². The average molecular weight is 476 g/mol. The van der Waals surface area contributed by atoms with Crippen molar-refractivity contribution in [2.75, 3.05) is 55.0 Å². The Labute approximate surface area is 198 Å². The Kier molecular flexibility index (Phi) is 8.21. The van der Waals surface area contributed by atoms with Gasteiger partial charge in [0.25, 0.3) is 0 Å². The van der Waals surface area contributed by atoms with E-state index in [1.54, 1.807) is 84.8 Å². The minimum Gasteiger partial charge on any atom is -0.496 e. The fourth-order valence-corrected chi connectivity index (χ4v) is 4.94. The van der Waals surface area contributed by atoms with E-state index >= 15 is 0 Å². The Bertz CT molecular complexity index is 999. The lowest BCUT2D eigenvalue weighted by molar-refractivity contribution is -0.126. The van der Waals surface area contributed by atoms with Gasteiger partial charge in [-0.3, -0.25) is 4.79 Å². The summed E-state index contributed by atoms with van der Waals surface area (Å²) in [5, 5.41) is -0.211. The Morgan fingerprint density at radius 3 is 1.94 bits per heavy atom. The summed E-state index contributed by atoms with van der Waals surface area (Å²) in [7, 11) is 9.41. The van der Waals surface area contributed by atoms with Crippen LogP contribution in [0.1, 0.15) is 16.5 Å². The topological polar surface area (TPSA) is 75.7 Å². The Morgan fingerprint density at radius 1 is 0.818 bits per heavy atom. The van der Waals surface area contributed by atoms with Crippen LogP contribution in [-0.2, 0) is 4.79 Å². The van der Waals surface area contributed by atoms with E-state index in [2.05, 4.69) is 0 Å². The van der Waals surface area contributed by atoms with Gasteiger partial charge in [0.1, 0.15) is 11.1 Å². The molecular weight excluding hydrogens is 446 g/mol. The van der Waals surface area contributed by atoms with Gasteiger partial charge in [-0.15, -0.1) is 11.8 Å². The number of rotatable bonds is 9. The number of carbonyl (C=O) groups is 1. The predicted molar refractivity (Wildman–Crippen MR) is 128 cm³/mol. The molecular formula is C24H29NO7S. The van der Waals surface area contributed by atoms with Crippen LogP contribution in [0, 0.1) is 0 Å². The summed E-state index contributed by atoms with van der Waals surface area (Å²) < 4.78 is 32.6. The first-order valence-electron chi connectivity index (χ1n) is 10.2. The highest BCUT2D eigenvalue weighted by Crippen LogP contribution is 2.46. The monoisotopic (exact) mass is 475 g/mol. The largest absolute Gasteiger partial charge is 0.496 e. The molecule has 33 heavy (non-hydrogen) atoms. The molecule has 0 N–H and O–H groups in total. The van der Waals surface area contributed by atoms with Gasteiger partial charge in [-0.25, -0.2) is 0 Å². The number of nitrogens with zero attached hydrogens (tertiary/aromatic N) is 1. The fraction of sp³-hybridized carbons (Fsp3) is 0.375. The van der Waals surface area contributed by atoms with Crippen molar-refractivity contribution in [3.05, 3.63) is 41.5 Å². The number of benzene rings is 2. The summed E-state index contributed by atoms with van der Waals surface area (Å²) in [6, 6.07) is 7.22. The fourth-order valence-electron chi connectivity index (χ4n) is 3.66. The Hall–Kier alpha value is -3.20. The number of carbonyl (C=O) groups excluding carboxylic acids is 1. The van der Waals surface area contributed by atoms with Gasteiger partial charge in [0.15, 0.2) is 23.0 Å². The number of ether oxygens (including phenoxy) is 6.